The topological polar surface area (TPSA) is 87.7 Å². The zero-order chi connectivity index (χ0) is 15.0. The number of oxime groups is 1. The Bertz CT molecular complexity index is 341. The van der Waals surface area contributed by atoms with Gasteiger partial charge in [0.2, 0.25) is 5.91 Å². The number of rotatable bonds is 7. The first-order valence-electron chi connectivity index (χ1n) is 7.39. The summed E-state index contributed by atoms with van der Waals surface area (Å²) >= 11 is 1.85. The van der Waals surface area contributed by atoms with E-state index in [1.54, 1.807) is 0 Å². The fraction of sp³-hybridized carbons (Fsp3) is 0.857. The third-order valence-corrected chi connectivity index (χ3v) is 5.57. The van der Waals surface area contributed by atoms with Crippen molar-refractivity contribution in [3.05, 3.63) is 0 Å². The van der Waals surface area contributed by atoms with Crippen LogP contribution < -0.4 is 11.1 Å². The van der Waals surface area contributed by atoms with Gasteiger partial charge in [0.05, 0.1) is 5.92 Å². The van der Waals surface area contributed by atoms with Crippen molar-refractivity contribution >= 4 is 23.5 Å². The van der Waals surface area contributed by atoms with E-state index in [9.17, 15) is 4.79 Å². The Morgan fingerprint density at radius 2 is 2.10 bits per heavy atom. The molecule has 1 saturated carbocycles. The number of amides is 1. The molecule has 0 spiro atoms. The van der Waals surface area contributed by atoms with Gasteiger partial charge in [-0.3, -0.25) is 4.79 Å². The summed E-state index contributed by atoms with van der Waals surface area (Å²) in [5.41, 5.74) is 5.61. The number of carbonyl (C=O) groups is 1. The Kier molecular flexibility index (Phi) is 7.19. The number of amidine groups is 1. The van der Waals surface area contributed by atoms with Crippen LogP contribution in [0.4, 0.5) is 0 Å². The van der Waals surface area contributed by atoms with E-state index in [-0.39, 0.29) is 16.5 Å². The summed E-state index contributed by atoms with van der Waals surface area (Å²) < 4.78 is 0.162. The highest BCUT2D eigenvalue weighted by atomic mass is 32.2. The number of nitrogens with one attached hydrogen (secondary N) is 1. The highest BCUT2D eigenvalue weighted by molar-refractivity contribution is 8.00. The summed E-state index contributed by atoms with van der Waals surface area (Å²) in [5.74, 6) is -0.639. The van der Waals surface area contributed by atoms with Gasteiger partial charge in [-0.15, -0.1) is 0 Å². The molecule has 0 aromatic rings. The quantitative estimate of drug-likeness (QED) is 0.291. The molecule has 20 heavy (non-hydrogen) atoms. The SMILES string of the molecule is CCCC(C(=O)NCC1(SC)CCCCC1)C(N)=NO. The van der Waals surface area contributed by atoms with Gasteiger partial charge in [0.25, 0.3) is 0 Å². The molecule has 0 aromatic heterocycles. The molecule has 1 aliphatic rings. The van der Waals surface area contributed by atoms with Crippen LogP contribution >= 0.6 is 11.8 Å². The first-order chi connectivity index (χ1) is 9.58. The number of thioether (sulfide) groups is 1. The lowest BCUT2D eigenvalue weighted by Crippen LogP contribution is -2.46. The van der Waals surface area contributed by atoms with Crippen LogP contribution in [0.15, 0.2) is 5.16 Å². The summed E-state index contributed by atoms with van der Waals surface area (Å²) in [7, 11) is 0. The molecule has 5 nitrogen and oxygen atoms in total. The summed E-state index contributed by atoms with van der Waals surface area (Å²) in [5, 5.41) is 14.8. The van der Waals surface area contributed by atoms with Crippen LogP contribution in [0.5, 0.6) is 0 Å². The molecule has 0 radical (unpaired) electrons. The van der Waals surface area contributed by atoms with Gasteiger partial charge >= 0.3 is 0 Å². The van der Waals surface area contributed by atoms with Crippen LogP contribution in [0, 0.1) is 5.92 Å². The number of nitrogens with zero attached hydrogens (tertiary/aromatic N) is 1. The van der Waals surface area contributed by atoms with Gasteiger partial charge in [0.1, 0.15) is 0 Å². The normalized spacial score (nSPS) is 20.4. The fourth-order valence-electron chi connectivity index (χ4n) is 2.79. The molecule has 0 aromatic carbocycles. The number of carbonyl (C=O) groups excluding carboxylic acids is 1. The lowest BCUT2D eigenvalue weighted by molar-refractivity contribution is -0.123. The highest BCUT2D eigenvalue weighted by Gasteiger charge is 2.32. The first-order valence-corrected chi connectivity index (χ1v) is 8.61. The Balaban J connectivity index is 2.59. The molecule has 0 aliphatic heterocycles. The van der Waals surface area contributed by atoms with Gasteiger partial charge in [0, 0.05) is 11.3 Å². The van der Waals surface area contributed by atoms with Crippen LogP contribution in [-0.2, 0) is 4.79 Å². The predicted octanol–water partition coefficient (Wildman–Crippen LogP) is 2.33. The second-order valence-corrected chi connectivity index (χ2v) is 6.81. The van der Waals surface area contributed by atoms with Crippen molar-refractivity contribution in [1.29, 1.82) is 0 Å². The van der Waals surface area contributed by atoms with Gasteiger partial charge in [-0.1, -0.05) is 37.8 Å². The van der Waals surface area contributed by atoms with Gasteiger partial charge < -0.3 is 16.3 Å². The summed E-state index contributed by atoms with van der Waals surface area (Å²) in [6.07, 6.45) is 9.59. The molecular formula is C14H27N3O2S. The molecule has 0 saturated heterocycles. The third kappa shape index (κ3) is 4.58. The third-order valence-electron chi connectivity index (χ3n) is 4.15. The zero-order valence-electron chi connectivity index (χ0n) is 12.5. The van der Waals surface area contributed by atoms with Crippen LogP contribution in [0.2, 0.25) is 0 Å². The fourth-order valence-corrected chi connectivity index (χ4v) is 3.71. The van der Waals surface area contributed by atoms with Crippen molar-refractivity contribution in [3.8, 4) is 0 Å². The minimum atomic E-state index is -0.521. The van der Waals surface area contributed by atoms with Crippen molar-refractivity contribution in [2.75, 3.05) is 12.8 Å². The number of hydrogen-bond donors (Lipinski definition) is 3. The second kappa shape index (κ2) is 8.39. The second-order valence-electron chi connectivity index (χ2n) is 5.53. The van der Waals surface area contributed by atoms with Crippen LogP contribution in [0.3, 0.4) is 0 Å². The number of nitrogens with two attached hydrogens (primary N) is 1. The van der Waals surface area contributed by atoms with E-state index in [0.29, 0.717) is 13.0 Å². The van der Waals surface area contributed by atoms with Crippen molar-refractivity contribution < 1.29 is 10.0 Å². The number of hydrogen-bond acceptors (Lipinski definition) is 4. The summed E-state index contributed by atoms with van der Waals surface area (Å²) in [6, 6.07) is 0. The molecule has 1 unspecified atom stereocenters. The molecule has 4 N–H and O–H groups in total. The van der Waals surface area contributed by atoms with E-state index < -0.39 is 5.92 Å². The van der Waals surface area contributed by atoms with Crippen LogP contribution in [0.1, 0.15) is 51.9 Å². The monoisotopic (exact) mass is 301 g/mol. The van der Waals surface area contributed by atoms with Gasteiger partial charge in [0.15, 0.2) is 5.84 Å². The standard InChI is InChI=1S/C14H27N3O2S/c1-3-7-11(12(15)17-19)13(18)16-10-14(20-2)8-5-4-6-9-14/h11,19H,3-10H2,1-2H3,(H2,15,17)(H,16,18). The molecule has 1 atom stereocenters. The molecular weight excluding hydrogens is 274 g/mol. The van der Waals surface area contributed by atoms with Gasteiger partial charge in [-0.2, -0.15) is 11.8 Å². The Hall–Kier alpha value is -0.910. The van der Waals surface area contributed by atoms with Crippen LogP contribution in [-0.4, -0.2) is 34.5 Å². The average molecular weight is 301 g/mol. The predicted molar refractivity (Wildman–Crippen MR) is 84.1 cm³/mol. The van der Waals surface area contributed by atoms with Crippen molar-refractivity contribution in [3.63, 3.8) is 0 Å². The average Bonchev–Trinajstić information content (AvgIpc) is 2.50. The van der Waals surface area contributed by atoms with Crippen molar-refractivity contribution in [2.45, 2.75) is 56.6 Å². The lowest BCUT2D eigenvalue weighted by atomic mass is 9.88. The van der Waals surface area contributed by atoms with Crippen molar-refractivity contribution in [2.24, 2.45) is 16.8 Å². The molecule has 0 heterocycles. The molecule has 1 rings (SSSR count). The molecule has 1 fully saturated rings. The smallest absolute Gasteiger partial charge is 0.230 e. The summed E-state index contributed by atoms with van der Waals surface area (Å²) in [4.78, 5) is 12.2. The lowest BCUT2D eigenvalue weighted by Gasteiger charge is -2.36. The molecule has 6 heteroatoms. The molecule has 1 aliphatic carbocycles. The molecule has 116 valence electrons. The van der Waals surface area contributed by atoms with Gasteiger partial charge in [-0.25, -0.2) is 0 Å². The Morgan fingerprint density at radius 3 is 2.60 bits per heavy atom. The van der Waals surface area contributed by atoms with E-state index in [1.807, 2.05) is 18.7 Å². The minimum absolute atomic E-state index is 0.00574. The first kappa shape index (κ1) is 17.1. The summed E-state index contributed by atoms with van der Waals surface area (Å²) in [6.45, 7) is 2.65. The molecule has 0 bridgehead atoms. The van der Waals surface area contributed by atoms with E-state index >= 15 is 0 Å². The zero-order valence-corrected chi connectivity index (χ0v) is 13.3. The maximum Gasteiger partial charge on any atom is 0.230 e. The van der Waals surface area contributed by atoms with Crippen molar-refractivity contribution in [1.82, 2.24) is 5.32 Å². The van der Waals surface area contributed by atoms with Crippen LogP contribution in [0.25, 0.3) is 0 Å². The maximum absolute atomic E-state index is 12.2. The maximum atomic E-state index is 12.2. The largest absolute Gasteiger partial charge is 0.409 e. The Morgan fingerprint density at radius 1 is 1.45 bits per heavy atom. The highest BCUT2D eigenvalue weighted by Crippen LogP contribution is 2.38. The van der Waals surface area contributed by atoms with E-state index in [0.717, 1.165) is 19.3 Å². The van der Waals surface area contributed by atoms with E-state index in [4.69, 9.17) is 10.9 Å². The van der Waals surface area contributed by atoms with E-state index in [1.165, 1.54) is 19.3 Å². The minimum Gasteiger partial charge on any atom is -0.409 e. The van der Waals surface area contributed by atoms with Gasteiger partial charge in [-0.05, 0) is 25.5 Å². The molecule has 1 amide bonds. The Labute approximate surface area is 125 Å². The van der Waals surface area contributed by atoms with E-state index in [2.05, 4.69) is 16.7 Å².